The minimum atomic E-state index is -3.80. The van der Waals surface area contributed by atoms with E-state index < -0.39 is 20.0 Å². The summed E-state index contributed by atoms with van der Waals surface area (Å²) in [5.41, 5.74) is 0. The number of nitrogens with one attached hydrogen (secondary N) is 1. The van der Waals surface area contributed by atoms with Crippen LogP contribution in [-0.2, 0) is 20.0 Å². The lowest BCUT2D eigenvalue weighted by Gasteiger charge is -2.32. The Balaban J connectivity index is 2.17. The maximum absolute atomic E-state index is 12.0. The molecule has 0 amide bonds. The second-order valence-corrected chi connectivity index (χ2v) is 8.19. The second kappa shape index (κ2) is 4.86. The molecule has 0 heterocycles. The molecule has 6 nitrogen and oxygen atoms in total. The zero-order valence-electron chi connectivity index (χ0n) is 10.4. The van der Waals surface area contributed by atoms with Gasteiger partial charge >= 0.3 is 0 Å². The molecule has 19 heavy (non-hydrogen) atoms. The summed E-state index contributed by atoms with van der Waals surface area (Å²) in [5, 5.41) is 4.95. The molecule has 106 valence electrons. The van der Waals surface area contributed by atoms with E-state index >= 15 is 0 Å². The Labute approximate surface area is 113 Å². The van der Waals surface area contributed by atoms with Gasteiger partial charge in [0.05, 0.1) is 9.79 Å². The quantitative estimate of drug-likeness (QED) is 0.840. The fourth-order valence-corrected chi connectivity index (χ4v) is 3.87. The third-order valence-corrected chi connectivity index (χ3v) is 5.62. The van der Waals surface area contributed by atoms with Gasteiger partial charge in [-0.25, -0.2) is 26.7 Å². The molecule has 0 bridgehead atoms. The van der Waals surface area contributed by atoms with E-state index in [9.17, 15) is 16.8 Å². The fraction of sp³-hybridized carbons (Fsp3) is 0.455. The summed E-state index contributed by atoms with van der Waals surface area (Å²) >= 11 is 0. The first-order chi connectivity index (χ1) is 8.68. The van der Waals surface area contributed by atoms with Gasteiger partial charge < -0.3 is 0 Å². The number of sulfonamides is 2. The predicted molar refractivity (Wildman–Crippen MR) is 70.3 cm³/mol. The van der Waals surface area contributed by atoms with Crippen LogP contribution < -0.4 is 9.86 Å². The zero-order valence-corrected chi connectivity index (χ0v) is 12.0. The predicted octanol–water partition coefficient (Wildman–Crippen LogP) is 0.411. The molecule has 1 aliphatic carbocycles. The van der Waals surface area contributed by atoms with Crippen LogP contribution >= 0.6 is 0 Å². The lowest BCUT2D eigenvalue weighted by Crippen LogP contribution is -2.43. The lowest BCUT2D eigenvalue weighted by atomic mass is 9.83. The number of hydrogen-bond donors (Lipinski definition) is 2. The van der Waals surface area contributed by atoms with Crippen molar-refractivity contribution < 1.29 is 16.8 Å². The van der Waals surface area contributed by atoms with Crippen molar-refractivity contribution in [2.24, 2.45) is 11.1 Å². The van der Waals surface area contributed by atoms with Crippen LogP contribution in [0.5, 0.6) is 0 Å². The van der Waals surface area contributed by atoms with Crippen LogP contribution in [-0.4, -0.2) is 22.9 Å². The molecule has 1 aromatic rings. The van der Waals surface area contributed by atoms with E-state index in [4.69, 9.17) is 5.14 Å². The van der Waals surface area contributed by atoms with E-state index in [2.05, 4.69) is 11.6 Å². The standard InChI is InChI=1S/C11H16N2O4S2/c1-8-6-9(7-8)13-19(16,17)11-4-2-10(3-5-11)18(12,14)15/h2-5,8-9,13H,6-7H2,1H3,(H2,12,14,15). The van der Waals surface area contributed by atoms with Crippen molar-refractivity contribution in [1.29, 1.82) is 0 Å². The van der Waals surface area contributed by atoms with Gasteiger partial charge in [-0.1, -0.05) is 6.92 Å². The van der Waals surface area contributed by atoms with E-state index in [1.165, 1.54) is 24.3 Å². The Morgan fingerprint density at radius 2 is 1.53 bits per heavy atom. The first-order valence-corrected chi connectivity index (χ1v) is 8.86. The highest BCUT2D eigenvalue weighted by atomic mass is 32.2. The van der Waals surface area contributed by atoms with Gasteiger partial charge in [-0.2, -0.15) is 0 Å². The molecule has 8 heteroatoms. The summed E-state index contributed by atoms with van der Waals surface area (Å²) < 4.78 is 48.8. The molecule has 0 atom stereocenters. The highest BCUT2D eigenvalue weighted by molar-refractivity contribution is 7.89. The molecule has 0 spiro atoms. The first kappa shape index (κ1) is 14.4. The molecule has 3 N–H and O–H groups in total. The SMILES string of the molecule is CC1CC(NS(=O)(=O)c2ccc(S(N)(=O)=O)cc2)C1. The number of nitrogens with two attached hydrogens (primary N) is 1. The van der Waals surface area contributed by atoms with Gasteiger partial charge in [0.1, 0.15) is 0 Å². The van der Waals surface area contributed by atoms with Gasteiger partial charge in [0.15, 0.2) is 0 Å². The van der Waals surface area contributed by atoms with Gasteiger partial charge in [-0.15, -0.1) is 0 Å². The van der Waals surface area contributed by atoms with Crippen molar-refractivity contribution in [3.8, 4) is 0 Å². The molecule has 1 aliphatic rings. The molecule has 1 fully saturated rings. The molecule has 2 rings (SSSR count). The van der Waals surface area contributed by atoms with Crippen molar-refractivity contribution >= 4 is 20.0 Å². The van der Waals surface area contributed by atoms with Crippen LogP contribution in [0.1, 0.15) is 19.8 Å². The van der Waals surface area contributed by atoms with Crippen LogP contribution in [0.3, 0.4) is 0 Å². The highest BCUT2D eigenvalue weighted by Crippen LogP contribution is 2.27. The Kier molecular flexibility index (Phi) is 3.69. The summed E-state index contributed by atoms with van der Waals surface area (Å²) in [5.74, 6) is 0.539. The minimum absolute atomic E-state index is 0.0297. The summed E-state index contributed by atoms with van der Waals surface area (Å²) in [6.45, 7) is 2.06. The average Bonchev–Trinajstić information content (AvgIpc) is 2.26. The molecule has 0 aromatic heterocycles. The fourth-order valence-electron chi connectivity index (χ4n) is 2.09. The zero-order chi connectivity index (χ0) is 14.3. The average molecular weight is 304 g/mol. The van der Waals surface area contributed by atoms with Gasteiger partial charge in [0.2, 0.25) is 20.0 Å². The number of primary sulfonamides is 1. The normalized spacial score (nSPS) is 23.9. The van der Waals surface area contributed by atoms with Gasteiger partial charge in [0.25, 0.3) is 0 Å². The van der Waals surface area contributed by atoms with E-state index in [0.29, 0.717) is 5.92 Å². The topological polar surface area (TPSA) is 106 Å². The van der Waals surface area contributed by atoms with Crippen molar-refractivity contribution in [1.82, 2.24) is 4.72 Å². The van der Waals surface area contributed by atoms with Crippen LogP contribution in [0.4, 0.5) is 0 Å². The molecule has 0 saturated heterocycles. The summed E-state index contributed by atoms with van der Waals surface area (Å²) in [7, 11) is -7.40. The Morgan fingerprint density at radius 3 is 1.95 bits per heavy atom. The monoisotopic (exact) mass is 304 g/mol. The molecule has 0 unspecified atom stereocenters. The maximum atomic E-state index is 12.0. The Hall–Kier alpha value is -0.960. The second-order valence-electron chi connectivity index (χ2n) is 4.91. The van der Waals surface area contributed by atoms with E-state index in [0.717, 1.165) is 12.8 Å². The van der Waals surface area contributed by atoms with Gasteiger partial charge in [-0.05, 0) is 43.0 Å². The van der Waals surface area contributed by atoms with Crippen molar-refractivity contribution in [2.75, 3.05) is 0 Å². The molecular weight excluding hydrogens is 288 g/mol. The Bertz CT molecular complexity index is 659. The third-order valence-electron chi connectivity index (χ3n) is 3.16. The van der Waals surface area contributed by atoms with Gasteiger partial charge in [-0.3, -0.25) is 0 Å². The lowest BCUT2D eigenvalue weighted by molar-refractivity contribution is 0.270. The van der Waals surface area contributed by atoms with Crippen molar-refractivity contribution in [3.05, 3.63) is 24.3 Å². The van der Waals surface area contributed by atoms with Crippen LogP contribution in [0.2, 0.25) is 0 Å². The maximum Gasteiger partial charge on any atom is 0.240 e. The van der Waals surface area contributed by atoms with Crippen LogP contribution in [0.15, 0.2) is 34.1 Å². The largest absolute Gasteiger partial charge is 0.240 e. The van der Waals surface area contributed by atoms with E-state index in [1.807, 2.05) is 0 Å². The highest BCUT2D eigenvalue weighted by Gasteiger charge is 2.29. The van der Waals surface area contributed by atoms with Crippen molar-refractivity contribution in [2.45, 2.75) is 35.6 Å². The number of benzene rings is 1. The van der Waals surface area contributed by atoms with Crippen LogP contribution in [0, 0.1) is 5.92 Å². The minimum Gasteiger partial charge on any atom is -0.225 e. The molecule has 1 aromatic carbocycles. The molecule has 0 aliphatic heterocycles. The van der Waals surface area contributed by atoms with E-state index in [1.54, 1.807) is 0 Å². The molecular formula is C11H16N2O4S2. The van der Waals surface area contributed by atoms with Gasteiger partial charge in [0, 0.05) is 6.04 Å². The molecule has 1 saturated carbocycles. The van der Waals surface area contributed by atoms with E-state index in [-0.39, 0.29) is 15.8 Å². The summed E-state index contributed by atoms with van der Waals surface area (Å²) in [6, 6.07) is 4.83. The third kappa shape index (κ3) is 3.33. The van der Waals surface area contributed by atoms with Crippen molar-refractivity contribution in [3.63, 3.8) is 0 Å². The Morgan fingerprint density at radius 1 is 1.05 bits per heavy atom. The molecule has 0 radical (unpaired) electrons. The smallest absolute Gasteiger partial charge is 0.225 e. The number of hydrogen-bond acceptors (Lipinski definition) is 4. The first-order valence-electron chi connectivity index (χ1n) is 5.84. The summed E-state index contributed by atoms with van der Waals surface area (Å²) in [6.07, 6.45) is 1.66. The van der Waals surface area contributed by atoms with Crippen LogP contribution in [0.25, 0.3) is 0 Å². The summed E-state index contributed by atoms with van der Waals surface area (Å²) in [4.78, 5) is -0.0665. The number of rotatable bonds is 4.